The van der Waals surface area contributed by atoms with E-state index in [4.69, 9.17) is 4.74 Å². The van der Waals surface area contributed by atoms with Crippen molar-refractivity contribution in [3.05, 3.63) is 101 Å². The highest BCUT2D eigenvalue weighted by molar-refractivity contribution is 6.06. The Bertz CT molecular complexity index is 971. The van der Waals surface area contributed by atoms with Crippen LogP contribution in [-0.4, -0.2) is 5.78 Å². The van der Waals surface area contributed by atoms with Gasteiger partial charge in [-0.2, -0.15) is 8.78 Å². The van der Waals surface area contributed by atoms with E-state index in [1.807, 2.05) is 0 Å². The molecule has 0 radical (unpaired) electrons. The van der Waals surface area contributed by atoms with Crippen molar-refractivity contribution in [2.24, 2.45) is 0 Å². The predicted molar refractivity (Wildman–Crippen MR) is 92.6 cm³/mol. The summed E-state index contributed by atoms with van der Waals surface area (Å²) in [5.41, 5.74) is -0.741. The van der Waals surface area contributed by atoms with E-state index in [9.17, 15) is 22.4 Å². The molecule has 0 saturated heterocycles. The van der Waals surface area contributed by atoms with Crippen molar-refractivity contribution in [1.82, 2.24) is 0 Å². The van der Waals surface area contributed by atoms with E-state index in [1.54, 1.807) is 24.3 Å². The lowest BCUT2D eigenvalue weighted by Gasteiger charge is -2.11. The summed E-state index contributed by atoms with van der Waals surface area (Å²) in [6.45, 7) is 0. The van der Waals surface area contributed by atoms with Gasteiger partial charge in [0.2, 0.25) is 17.4 Å². The minimum atomic E-state index is -1.69. The molecule has 0 bridgehead atoms. The topological polar surface area (TPSA) is 26.3 Å². The molecule has 3 rings (SSSR count). The summed E-state index contributed by atoms with van der Waals surface area (Å²) in [6.07, 6.45) is 1.53. The number of ether oxygens (including phenoxy) is 1. The Morgan fingerprint density at radius 3 is 1.81 bits per heavy atom. The Balaban J connectivity index is 1.96. The molecular weight excluding hydrogens is 360 g/mol. The molecule has 0 N–H and O–H groups in total. The first-order chi connectivity index (χ1) is 13.0. The smallest absolute Gasteiger partial charge is 0.205 e. The fraction of sp³-hybridized carbons (Fsp3) is 0. The fourth-order valence-corrected chi connectivity index (χ4v) is 2.33. The van der Waals surface area contributed by atoms with E-state index in [0.717, 1.165) is 6.08 Å². The second kappa shape index (κ2) is 7.86. The molecule has 0 aromatic heterocycles. The Kier molecular flexibility index (Phi) is 5.35. The quantitative estimate of drug-likeness (QED) is 0.240. The van der Waals surface area contributed by atoms with Gasteiger partial charge in [0.05, 0.1) is 5.56 Å². The lowest BCUT2D eigenvalue weighted by Crippen LogP contribution is -2.04. The summed E-state index contributed by atoms with van der Waals surface area (Å²) in [4.78, 5) is 12.0. The van der Waals surface area contributed by atoms with Gasteiger partial charge in [0.25, 0.3) is 0 Å². The first-order valence-corrected chi connectivity index (χ1v) is 7.85. The third-order valence-electron chi connectivity index (χ3n) is 3.68. The molecule has 3 aromatic rings. The van der Waals surface area contributed by atoms with Crippen molar-refractivity contribution in [3.63, 3.8) is 0 Å². The van der Waals surface area contributed by atoms with Gasteiger partial charge < -0.3 is 4.74 Å². The van der Waals surface area contributed by atoms with Crippen molar-refractivity contribution >= 4 is 11.9 Å². The summed E-state index contributed by atoms with van der Waals surface area (Å²) < 4.78 is 61.8. The lowest BCUT2D eigenvalue weighted by molar-refractivity contribution is 0.104. The van der Waals surface area contributed by atoms with Crippen molar-refractivity contribution in [2.45, 2.75) is 0 Å². The van der Waals surface area contributed by atoms with Gasteiger partial charge in [-0.1, -0.05) is 48.5 Å². The summed E-state index contributed by atoms with van der Waals surface area (Å²) in [6, 6.07) is 15.4. The molecular formula is C21H12F4O2. The number of carbonyl (C=O) groups is 1. The highest BCUT2D eigenvalue weighted by atomic mass is 19.2. The average Bonchev–Trinajstić information content (AvgIpc) is 2.71. The molecule has 0 atom stereocenters. The van der Waals surface area contributed by atoms with Crippen LogP contribution in [0.1, 0.15) is 15.9 Å². The maximum Gasteiger partial charge on any atom is 0.205 e. The third kappa shape index (κ3) is 3.89. The molecule has 0 aliphatic carbocycles. The molecule has 6 heteroatoms. The van der Waals surface area contributed by atoms with Gasteiger partial charge in [-0.25, -0.2) is 8.78 Å². The molecule has 0 heterocycles. The van der Waals surface area contributed by atoms with Crippen LogP contribution in [0.15, 0.2) is 66.7 Å². The van der Waals surface area contributed by atoms with Gasteiger partial charge >= 0.3 is 0 Å². The minimum Gasteiger partial charge on any atom is -0.451 e. The van der Waals surface area contributed by atoms with Gasteiger partial charge in [-0.05, 0) is 24.3 Å². The number of carbonyl (C=O) groups excluding carboxylic acids is 1. The molecule has 0 unspecified atom stereocenters. The van der Waals surface area contributed by atoms with Crippen molar-refractivity contribution in [1.29, 1.82) is 0 Å². The Morgan fingerprint density at radius 1 is 0.741 bits per heavy atom. The highest BCUT2D eigenvalue weighted by Crippen LogP contribution is 2.33. The van der Waals surface area contributed by atoms with E-state index in [1.165, 1.54) is 36.4 Å². The summed E-state index contributed by atoms with van der Waals surface area (Å²) in [5, 5.41) is 0. The normalized spacial score (nSPS) is 11.0. The Hall–Kier alpha value is -3.41. The SMILES string of the molecule is O=C(C=Cc1c(F)c(F)c(Oc2ccccc2)c(F)c1F)c1ccccc1. The van der Waals surface area contributed by atoms with Gasteiger partial charge in [-0.15, -0.1) is 0 Å². The molecule has 0 amide bonds. The Morgan fingerprint density at radius 2 is 1.26 bits per heavy atom. The second-order valence-corrected chi connectivity index (χ2v) is 5.48. The second-order valence-electron chi connectivity index (χ2n) is 5.48. The monoisotopic (exact) mass is 372 g/mol. The fourth-order valence-electron chi connectivity index (χ4n) is 2.33. The van der Waals surface area contributed by atoms with E-state index in [-0.39, 0.29) is 11.3 Å². The molecule has 3 aromatic carbocycles. The summed E-state index contributed by atoms with van der Waals surface area (Å²) in [7, 11) is 0. The van der Waals surface area contributed by atoms with Crippen LogP contribution >= 0.6 is 0 Å². The van der Waals surface area contributed by atoms with Crippen LogP contribution in [0.4, 0.5) is 17.6 Å². The van der Waals surface area contributed by atoms with E-state index in [0.29, 0.717) is 6.08 Å². The number of benzene rings is 3. The van der Waals surface area contributed by atoms with Crippen LogP contribution in [0.5, 0.6) is 11.5 Å². The number of para-hydroxylation sites is 1. The number of rotatable bonds is 5. The van der Waals surface area contributed by atoms with E-state index >= 15 is 0 Å². The van der Waals surface area contributed by atoms with Gasteiger partial charge in [-0.3, -0.25) is 4.79 Å². The number of halogens is 4. The average molecular weight is 372 g/mol. The van der Waals surface area contributed by atoms with E-state index in [2.05, 4.69) is 0 Å². The molecule has 0 aliphatic rings. The number of hydrogen-bond donors (Lipinski definition) is 0. The number of hydrogen-bond acceptors (Lipinski definition) is 2. The summed E-state index contributed by atoms with van der Waals surface area (Å²) >= 11 is 0. The van der Waals surface area contributed by atoms with Crippen LogP contribution < -0.4 is 4.74 Å². The third-order valence-corrected chi connectivity index (χ3v) is 3.68. The standard InChI is InChI=1S/C21H12F4O2/c22-17-15(11-12-16(26)13-7-3-1-4-8-13)18(23)20(25)21(19(17)24)27-14-9-5-2-6-10-14/h1-12H. The first-order valence-electron chi connectivity index (χ1n) is 7.85. The van der Waals surface area contributed by atoms with Crippen LogP contribution in [0.3, 0.4) is 0 Å². The predicted octanol–water partition coefficient (Wildman–Crippen LogP) is 5.93. The molecule has 0 aliphatic heterocycles. The zero-order chi connectivity index (χ0) is 19.4. The van der Waals surface area contributed by atoms with E-state index < -0.39 is 40.4 Å². The largest absolute Gasteiger partial charge is 0.451 e. The molecule has 0 fully saturated rings. The van der Waals surface area contributed by atoms with Crippen molar-refractivity contribution in [3.8, 4) is 11.5 Å². The lowest BCUT2D eigenvalue weighted by atomic mass is 10.1. The van der Waals surface area contributed by atoms with Crippen molar-refractivity contribution < 1.29 is 27.1 Å². The number of ketones is 1. The maximum absolute atomic E-state index is 14.2. The van der Waals surface area contributed by atoms with Crippen LogP contribution in [0.25, 0.3) is 6.08 Å². The highest BCUT2D eigenvalue weighted by Gasteiger charge is 2.26. The molecule has 27 heavy (non-hydrogen) atoms. The summed E-state index contributed by atoms with van der Waals surface area (Å²) in [5.74, 6) is -8.44. The minimum absolute atomic E-state index is 0.0108. The van der Waals surface area contributed by atoms with Gasteiger partial charge in [0.1, 0.15) is 5.75 Å². The van der Waals surface area contributed by atoms with Crippen molar-refractivity contribution in [2.75, 3.05) is 0 Å². The van der Waals surface area contributed by atoms with Crippen LogP contribution in [0.2, 0.25) is 0 Å². The first kappa shape index (κ1) is 18.4. The van der Waals surface area contributed by atoms with Gasteiger partial charge in [0, 0.05) is 5.56 Å². The molecule has 0 spiro atoms. The zero-order valence-electron chi connectivity index (χ0n) is 13.8. The van der Waals surface area contributed by atoms with Gasteiger partial charge in [0.15, 0.2) is 17.4 Å². The maximum atomic E-state index is 14.2. The molecule has 2 nitrogen and oxygen atoms in total. The van der Waals surface area contributed by atoms with Crippen LogP contribution in [0, 0.1) is 23.3 Å². The number of allylic oxidation sites excluding steroid dienone is 1. The molecule has 136 valence electrons. The molecule has 0 saturated carbocycles. The Labute approximate surface area is 152 Å². The zero-order valence-corrected chi connectivity index (χ0v) is 13.8. The van der Waals surface area contributed by atoms with Crippen LogP contribution in [-0.2, 0) is 0 Å².